The number of hydrogen-bond acceptors (Lipinski definition) is 6. The van der Waals surface area contributed by atoms with Gasteiger partial charge < -0.3 is 14.6 Å². The summed E-state index contributed by atoms with van der Waals surface area (Å²) in [5, 5.41) is 3.25. The van der Waals surface area contributed by atoms with Crippen LogP contribution >= 0.6 is 0 Å². The third kappa shape index (κ3) is 3.17. The number of hydrogen-bond donors (Lipinski definition) is 1. The van der Waals surface area contributed by atoms with Gasteiger partial charge in [0.2, 0.25) is 0 Å². The second-order valence-electron chi connectivity index (χ2n) is 6.16. The molecule has 25 heavy (non-hydrogen) atoms. The van der Waals surface area contributed by atoms with Gasteiger partial charge in [-0.25, -0.2) is 9.97 Å². The van der Waals surface area contributed by atoms with E-state index in [0.29, 0.717) is 29.5 Å². The average Bonchev–Trinajstić information content (AvgIpc) is 3.28. The molecule has 3 aromatic rings. The van der Waals surface area contributed by atoms with Crippen LogP contribution in [0.15, 0.2) is 35.0 Å². The monoisotopic (exact) mass is 337 g/mol. The molecule has 1 saturated heterocycles. The molecule has 0 aliphatic carbocycles. The number of likely N-dealkylation sites (tertiary alicyclic amines) is 1. The lowest BCUT2D eigenvalue weighted by atomic mass is 10.1. The maximum atomic E-state index is 12.4. The molecule has 4 rings (SSSR count). The number of aryl methyl sites for hydroxylation is 1. The Hall–Kier alpha value is -2.96. The van der Waals surface area contributed by atoms with E-state index in [4.69, 9.17) is 4.42 Å². The predicted octanol–water partition coefficient (Wildman–Crippen LogP) is 2.77. The molecule has 0 bridgehead atoms. The first-order chi connectivity index (χ1) is 12.2. The van der Waals surface area contributed by atoms with Crippen LogP contribution in [0.25, 0.3) is 11.2 Å². The highest BCUT2D eigenvalue weighted by molar-refractivity contribution is 5.94. The van der Waals surface area contributed by atoms with Crippen LogP contribution in [-0.4, -0.2) is 38.8 Å². The fourth-order valence-corrected chi connectivity index (χ4v) is 3.04. The van der Waals surface area contributed by atoms with Gasteiger partial charge in [-0.3, -0.25) is 4.79 Å². The van der Waals surface area contributed by atoms with Crippen molar-refractivity contribution in [2.75, 3.05) is 18.4 Å². The molecule has 1 amide bonds. The summed E-state index contributed by atoms with van der Waals surface area (Å²) >= 11 is 0. The quantitative estimate of drug-likeness (QED) is 0.788. The molecule has 1 N–H and O–H groups in total. The zero-order valence-electron chi connectivity index (χ0n) is 14.0. The van der Waals surface area contributed by atoms with Gasteiger partial charge in [0.05, 0.1) is 0 Å². The van der Waals surface area contributed by atoms with Crippen molar-refractivity contribution < 1.29 is 9.21 Å². The second-order valence-corrected chi connectivity index (χ2v) is 6.16. The number of amides is 1. The maximum Gasteiger partial charge on any atom is 0.253 e. The molecule has 7 heteroatoms. The SMILES string of the molecule is Cc1nc2c(NCc3ccc(C(=O)N4CCCC4)cc3)ncnc2o1. The molecule has 0 saturated carbocycles. The molecule has 0 radical (unpaired) electrons. The number of nitrogens with one attached hydrogen (secondary N) is 1. The number of benzene rings is 1. The van der Waals surface area contributed by atoms with Gasteiger partial charge in [0.15, 0.2) is 17.2 Å². The van der Waals surface area contributed by atoms with E-state index in [0.717, 1.165) is 37.1 Å². The molecule has 7 nitrogen and oxygen atoms in total. The zero-order chi connectivity index (χ0) is 17.2. The number of rotatable bonds is 4. The van der Waals surface area contributed by atoms with Crippen LogP contribution in [0.3, 0.4) is 0 Å². The fraction of sp³-hybridized carbons (Fsp3) is 0.333. The Labute approximate surface area is 145 Å². The van der Waals surface area contributed by atoms with Crippen molar-refractivity contribution in [3.63, 3.8) is 0 Å². The minimum atomic E-state index is 0.118. The molecule has 0 atom stereocenters. The van der Waals surface area contributed by atoms with E-state index in [1.807, 2.05) is 29.2 Å². The van der Waals surface area contributed by atoms with Gasteiger partial charge in [-0.15, -0.1) is 0 Å². The van der Waals surface area contributed by atoms with Crippen molar-refractivity contribution in [3.05, 3.63) is 47.6 Å². The van der Waals surface area contributed by atoms with Crippen LogP contribution < -0.4 is 5.32 Å². The van der Waals surface area contributed by atoms with Gasteiger partial charge in [-0.2, -0.15) is 4.98 Å². The summed E-state index contributed by atoms with van der Waals surface area (Å²) in [7, 11) is 0. The second kappa shape index (κ2) is 6.51. The highest BCUT2D eigenvalue weighted by Gasteiger charge is 2.19. The van der Waals surface area contributed by atoms with Crippen LogP contribution in [0.1, 0.15) is 34.7 Å². The van der Waals surface area contributed by atoms with Crippen molar-refractivity contribution in [3.8, 4) is 0 Å². The third-order valence-electron chi connectivity index (χ3n) is 4.36. The molecule has 2 aromatic heterocycles. The van der Waals surface area contributed by atoms with Crippen LogP contribution in [0, 0.1) is 6.92 Å². The molecule has 1 fully saturated rings. The molecule has 3 heterocycles. The first-order valence-corrected chi connectivity index (χ1v) is 8.41. The number of nitrogens with zero attached hydrogens (tertiary/aromatic N) is 4. The Kier molecular flexibility index (Phi) is 4.05. The molecular formula is C18H19N5O2. The van der Waals surface area contributed by atoms with Crippen LogP contribution in [0.2, 0.25) is 0 Å². The number of fused-ring (bicyclic) bond motifs is 1. The Morgan fingerprint density at radius 2 is 1.96 bits per heavy atom. The van der Waals surface area contributed by atoms with E-state index >= 15 is 0 Å². The van der Waals surface area contributed by atoms with Crippen molar-refractivity contribution >= 4 is 23.0 Å². The summed E-state index contributed by atoms with van der Waals surface area (Å²) in [6.45, 7) is 4.09. The van der Waals surface area contributed by atoms with E-state index in [1.165, 1.54) is 6.33 Å². The van der Waals surface area contributed by atoms with E-state index in [2.05, 4.69) is 20.3 Å². The Bertz CT molecular complexity index is 897. The Morgan fingerprint density at radius 3 is 2.72 bits per heavy atom. The van der Waals surface area contributed by atoms with E-state index in [9.17, 15) is 4.79 Å². The first-order valence-electron chi connectivity index (χ1n) is 8.41. The highest BCUT2D eigenvalue weighted by Crippen LogP contribution is 2.20. The summed E-state index contributed by atoms with van der Waals surface area (Å²) in [6, 6.07) is 7.69. The molecule has 1 aromatic carbocycles. The van der Waals surface area contributed by atoms with Gasteiger partial charge >= 0.3 is 0 Å². The summed E-state index contributed by atoms with van der Waals surface area (Å²) in [6.07, 6.45) is 3.65. The van der Waals surface area contributed by atoms with Gasteiger partial charge in [-0.05, 0) is 30.5 Å². The number of carbonyl (C=O) groups excluding carboxylic acids is 1. The van der Waals surface area contributed by atoms with Crippen molar-refractivity contribution in [2.24, 2.45) is 0 Å². The summed E-state index contributed by atoms with van der Waals surface area (Å²) in [5.74, 6) is 1.31. The molecular weight excluding hydrogens is 318 g/mol. The van der Waals surface area contributed by atoms with Crippen molar-refractivity contribution in [1.82, 2.24) is 19.9 Å². The van der Waals surface area contributed by atoms with Crippen LogP contribution in [0.4, 0.5) is 5.82 Å². The number of anilines is 1. The highest BCUT2D eigenvalue weighted by atomic mass is 16.4. The number of carbonyl (C=O) groups is 1. The van der Waals surface area contributed by atoms with Crippen LogP contribution in [0.5, 0.6) is 0 Å². The minimum absolute atomic E-state index is 0.118. The summed E-state index contributed by atoms with van der Waals surface area (Å²) < 4.78 is 5.41. The largest absolute Gasteiger partial charge is 0.422 e. The van der Waals surface area contributed by atoms with Crippen molar-refractivity contribution in [2.45, 2.75) is 26.3 Å². The predicted molar refractivity (Wildman–Crippen MR) is 93.2 cm³/mol. The lowest BCUT2D eigenvalue weighted by molar-refractivity contribution is 0.0793. The topological polar surface area (TPSA) is 84.2 Å². The molecule has 1 aliphatic heterocycles. The lowest BCUT2D eigenvalue weighted by Crippen LogP contribution is -2.27. The number of oxazole rings is 1. The zero-order valence-corrected chi connectivity index (χ0v) is 14.0. The molecule has 0 unspecified atom stereocenters. The summed E-state index contributed by atoms with van der Waals surface area (Å²) in [5.41, 5.74) is 2.90. The Morgan fingerprint density at radius 1 is 1.20 bits per heavy atom. The van der Waals surface area contributed by atoms with Gasteiger partial charge in [0.1, 0.15) is 6.33 Å². The van der Waals surface area contributed by atoms with Gasteiger partial charge in [-0.1, -0.05) is 12.1 Å². The normalized spacial score (nSPS) is 14.2. The van der Waals surface area contributed by atoms with Gasteiger partial charge in [0, 0.05) is 32.1 Å². The standard InChI is InChI=1S/C18H19N5O2/c1-12-22-15-16(20-11-21-17(15)25-12)19-10-13-4-6-14(7-5-13)18(24)23-8-2-3-9-23/h4-7,11H,2-3,8-10H2,1H3,(H,19,20,21). The smallest absolute Gasteiger partial charge is 0.253 e. The van der Waals surface area contributed by atoms with Crippen molar-refractivity contribution in [1.29, 1.82) is 0 Å². The molecule has 0 spiro atoms. The van der Waals surface area contributed by atoms with E-state index < -0.39 is 0 Å². The maximum absolute atomic E-state index is 12.4. The average molecular weight is 337 g/mol. The van der Waals surface area contributed by atoms with Gasteiger partial charge in [0.25, 0.3) is 11.6 Å². The Balaban J connectivity index is 1.45. The first kappa shape index (κ1) is 15.6. The number of aromatic nitrogens is 3. The summed E-state index contributed by atoms with van der Waals surface area (Å²) in [4.78, 5) is 26.9. The third-order valence-corrected chi connectivity index (χ3v) is 4.36. The van der Waals surface area contributed by atoms with E-state index in [-0.39, 0.29) is 5.91 Å². The van der Waals surface area contributed by atoms with Crippen LogP contribution in [-0.2, 0) is 6.54 Å². The lowest BCUT2D eigenvalue weighted by Gasteiger charge is -2.15. The molecule has 128 valence electrons. The minimum Gasteiger partial charge on any atom is -0.422 e. The molecule has 1 aliphatic rings. The fourth-order valence-electron chi connectivity index (χ4n) is 3.04. The van der Waals surface area contributed by atoms with E-state index in [1.54, 1.807) is 6.92 Å².